The van der Waals surface area contributed by atoms with Crippen LogP contribution in [0.1, 0.15) is 22.5 Å². The van der Waals surface area contributed by atoms with Crippen molar-refractivity contribution in [1.29, 1.82) is 0 Å². The topological polar surface area (TPSA) is 104 Å². The van der Waals surface area contributed by atoms with Crippen molar-refractivity contribution < 1.29 is 9.59 Å². The number of hydrogen-bond donors (Lipinski definition) is 3. The number of pyridine rings is 1. The highest BCUT2D eigenvalue weighted by Gasteiger charge is 2.16. The molecule has 4 N–H and O–H groups in total. The number of nitrogens with zero attached hydrogens (tertiary/aromatic N) is 3. The summed E-state index contributed by atoms with van der Waals surface area (Å²) < 4.78 is 0. The van der Waals surface area contributed by atoms with Crippen molar-refractivity contribution in [2.75, 3.05) is 43.6 Å². The van der Waals surface area contributed by atoms with E-state index < -0.39 is 0 Å². The van der Waals surface area contributed by atoms with Crippen molar-refractivity contribution in [3.8, 4) is 0 Å². The lowest BCUT2D eigenvalue weighted by Crippen LogP contribution is -2.36. The molecule has 3 aromatic rings. The van der Waals surface area contributed by atoms with Crippen LogP contribution in [0.15, 0.2) is 45.9 Å². The maximum atomic E-state index is 12.8. The average Bonchev–Trinajstić information content (AvgIpc) is 3.39. The summed E-state index contributed by atoms with van der Waals surface area (Å²) in [7, 11) is 4.01. The molecule has 0 fully saturated rings. The second kappa shape index (κ2) is 10.9. The van der Waals surface area contributed by atoms with Crippen LogP contribution in [0.4, 0.5) is 21.9 Å². The van der Waals surface area contributed by atoms with Gasteiger partial charge in [0.1, 0.15) is 5.69 Å². The highest BCUT2D eigenvalue weighted by Crippen LogP contribution is 2.23. The Morgan fingerprint density at radius 2 is 1.90 bits per heavy atom. The number of anilines is 3. The van der Waals surface area contributed by atoms with Crippen molar-refractivity contribution in [3.05, 3.63) is 57.2 Å². The third kappa shape index (κ3) is 6.78. The van der Waals surface area contributed by atoms with E-state index in [0.717, 1.165) is 24.2 Å². The quantitative estimate of drug-likeness (QED) is 0.449. The van der Waals surface area contributed by atoms with E-state index in [1.165, 1.54) is 22.7 Å². The number of carbonyl (C=O) groups excluding carboxylic acids is 2. The molecule has 3 aromatic heterocycles. The van der Waals surface area contributed by atoms with Crippen molar-refractivity contribution in [2.45, 2.75) is 13.0 Å². The lowest BCUT2D eigenvalue weighted by atomic mass is 10.2. The van der Waals surface area contributed by atoms with Gasteiger partial charge in [0.2, 0.25) is 0 Å². The first kappa shape index (κ1) is 22.7. The van der Waals surface area contributed by atoms with E-state index in [-0.39, 0.29) is 17.6 Å². The van der Waals surface area contributed by atoms with E-state index in [1.54, 1.807) is 27.9 Å². The van der Waals surface area contributed by atoms with Gasteiger partial charge in [0.05, 0.1) is 17.1 Å². The predicted molar refractivity (Wildman–Crippen MR) is 128 cm³/mol. The molecule has 10 heteroatoms. The van der Waals surface area contributed by atoms with Crippen molar-refractivity contribution >= 4 is 51.7 Å². The minimum Gasteiger partial charge on any atom is -0.396 e. The smallest absolute Gasteiger partial charge is 0.322 e. The van der Waals surface area contributed by atoms with Gasteiger partial charge in [0.15, 0.2) is 0 Å². The lowest BCUT2D eigenvalue weighted by molar-refractivity contribution is 0.102. The van der Waals surface area contributed by atoms with E-state index >= 15 is 0 Å². The van der Waals surface area contributed by atoms with Gasteiger partial charge in [-0.05, 0) is 50.1 Å². The van der Waals surface area contributed by atoms with Gasteiger partial charge in [-0.15, -0.1) is 11.3 Å². The Bertz CT molecular complexity index is 986. The van der Waals surface area contributed by atoms with E-state index in [9.17, 15) is 9.59 Å². The Morgan fingerprint density at radius 3 is 2.52 bits per heavy atom. The summed E-state index contributed by atoms with van der Waals surface area (Å²) in [6, 6.07) is 5.18. The molecule has 0 aliphatic heterocycles. The van der Waals surface area contributed by atoms with E-state index in [4.69, 9.17) is 5.73 Å². The molecule has 31 heavy (non-hydrogen) atoms. The molecule has 0 bridgehead atoms. The second-order valence-corrected chi connectivity index (χ2v) is 8.79. The van der Waals surface area contributed by atoms with Crippen molar-refractivity contribution in [2.24, 2.45) is 0 Å². The van der Waals surface area contributed by atoms with Crippen molar-refractivity contribution in [3.63, 3.8) is 0 Å². The molecule has 3 heterocycles. The number of nitrogens with two attached hydrogens (primary N) is 1. The van der Waals surface area contributed by atoms with E-state index in [1.807, 2.05) is 37.0 Å². The molecule has 3 rings (SSSR count). The van der Waals surface area contributed by atoms with Gasteiger partial charge in [-0.1, -0.05) is 6.07 Å². The Kier molecular flexibility index (Phi) is 7.99. The number of thiophene rings is 2. The van der Waals surface area contributed by atoms with Crippen molar-refractivity contribution in [1.82, 2.24) is 14.8 Å². The largest absolute Gasteiger partial charge is 0.396 e. The number of aromatic nitrogens is 1. The molecule has 0 aromatic carbocycles. The van der Waals surface area contributed by atoms with Gasteiger partial charge in [0.25, 0.3) is 5.91 Å². The molecule has 0 spiro atoms. The van der Waals surface area contributed by atoms with Crippen LogP contribution < -0.4 is 16.4 Å². The first-order chi connectivity index (χ1) is 14.9. The maximum absolute atomic E-state index is 12.8. The van der Waals surface area contributed by atoms with Crippen LogP contribution in [0.5, 0.6) is 0 Å². The van der Waals surface area contributed by atoms with Crippen LogP contribution in [0.3, 0.4) is 0 Å². The number of hydrogen-bond acceptors (Lipinski definition) is 7. The Balaban J connectivity index is 1.64. The molecular weight excluding hydrogens is 432 g/mol. The van der Waals surface area contributed by atoms with Gasteiger partial charge in [-0.3, -0.25) is 9.78 Å². The van der Waals surface area contributed by atoms with Crippen LogP contribution >= 0.6 is 22.7 Å². The third-order valence-corrected chi connectivity index (χ3v) is 5.91. The molecule has 0 radical (unpaired) electrons. The summed E-state index contributed by atoms with van der Waals surface area (Å²) in [6.07, 6.45) is 2.47. The zero-order chi connectivity index (χ0) is 22.2. The van der Waals surface area contributed by atoms with Gasteiger partial charge in [-0.2, -0.15) is 11.3 Å². The standard InChI is InChI=1S/C21H26N6O2S2/c1-26(2)7-3-8-27(21(29)24-16-6-9-30-12-16)11-15-4-5-18(23-10-15)20(28)25-19-14-31-13-17(19)22/h4-6,9-10,12-14H,3,7-8,11,22H2,1-2H3,(H,24,29)(H,25,28). The Morgan fingerprint density at radius 1 is 1.06 bits per heavy atom. The maximum Gasteiger partial charge on any atom is 0.322 e. The number of nitrogen functional groups attached to an aromatic ring is 1. The van der Waals surface area contributed by atoms with Crippen LogP contribution in [0.2, 0.25) is 0 Å². The molecule has 0 saturated carbocycles. The van der Waals surface area contributed by atoms with E-state index in [0.29, 0.717) is 24.5 Å². The summed E-state index contributed by atoms with van der Waals surface area (Å²) >= 11 is 2.95. The average molecular weight is 459 g/mol. The van der Waals surface area contributed by atoms with Gasteiger partial charge >= 0.3 is 6.03 Å². The highest BCUT2D eigenvalue weighted by molar-refractivity contribution is 7.09. The summed E-state index contributed by atoms with van der Waals surface area (Å²) in [5.74, 6) is -0.324. The Hall–Kier alpha value is -2.95. The minimum absolute atomic E-state index is 0.160. The molecular formula is C21H26N6O2S2. The summed E-state index contributed by atoms with van der Waals surface area (Å²) in [6.45, 7) is 1.88. The van der Waals surface area contributed by atoms with Gasteiger partial charge < -0.3 is 26.2 Å². The normalized spacial score (nSPS) is 10.8. The Labute approximate surface area is 189 Å². The third-order valence-electron chi connectivity index (χ3n) is 4.46. The summed E-state index contributed by atoms with van der Waals surface area (Å²) in [5, 5.41) is 13.0. The fourth-order valence-corrected chi connectivity index (χ4v) is 4.10. The number of rotatable bonds is 9. The van der Waals surface area contributed by atoms with Crippen LogP contribution in [-0.2, 0) is 6.54 Å². The van der Waals surface area contributed by atoms with Gasteiger partial charge in [-0.25, -0.2) is 4.79 Å². The zero-order valence-corrected chi connectivity index (χ0v) is 19.1. The molecule has 8 nitrogen and oxygen atoms in total. The van der Waals surface area contributed by atoms with Crippen LogP contribution in [-0.4, -0.2) is 53.9 Å². The molecule has 3 amide bonds. The summed E-state index contributed by atoms with van der Waals surface area (Å²) in [5.41, 5.74) is 8.84. The van der Waals surface area contributed by atoms with Crippen LogP contribution in [0, 0.1) is 0 Å². The van der Waals surface area contributed by atoms with E-state index in [2.05, 4.69) is 20.5 Å². The number of nitrogens with one attached hydrogen (secondary N) is 2. The number of urea groups is 1. The number of carbonyl (C=O) groups is 2. The minimum atomic E-state index is -0.324. The fraction of sp³-hybridized carbons (Fsp3) is 0.286. The molecule has 0 aliphatic carbocycles. The summed E-state index contributed by atoms with van der Waals surface area (Å²) in [4.78, 5) is 33.3. The first-order valence-electron chi connectivity index (χ1n) is 9.73. The molecule has 164 valence electrons. The van der Waals surface area contributed by atoms with Crippen LogP contribution in [0.25, 0.3) is 0 Å². The fourth-order valence-electron chi connectivity index (χ4n) is 2.84. The molecule has 0 saturated heterocycles. The lowest BCUT2D eigenvalue weighted by Gasteiger charge is -2.24. The van der Waals surface area contributed by atoms with Gasteiger partial charge in [0, 0.05) is 35.4 Å². The highest BCUT2D eigenvalue weighted by atomic mass is 32.1. The predicted octanol–water partition coefficient (Wildman–Crippen LogP) is 4.02. The second-order valence-electron chi connectivity index (χ2n) is 7.27. The first-order valence-corrected chi connectivity index (χ1v) is 11.6. The molecule has 0 aliphatic rings. The molecule has 0 unspecified atom stereocenters. The SMILES string of the molecule is CN(C)CCCN(Cc1ccc(C(=O)Nc2cscc2N)nc1)C(=O)Nc1ccsc1. The molecule has 0 atom stereocenters. The zero-order valence-electron chi connectivity index (χ0n) is 17.5. The number of amides is 3. The monoisotopic (exact) mass is 458 g/mol.